The number of hydrogen-bond donors (Lipinski definition) is 0. The molecule has 2 aromatic rings. The Balaban J connectivity index is 2.14. The molecule has 28 heavy (non-hydrogen) atoms. The number of ether oxygens (including phenoxy) is 1. The minimum atomic E-state index is -3.32. The van der Waals surface area contributed by atoms with Crippen LogP contribution in [0.4, 0.5) is 0 Å². The van der Waals surface area contributed by atoms with Gasteiger partial charge in [-0.3, -0.25) is 9.36 Å². The lowest BCUT2D eigenvalue weighted by molar-refractivity contribution is 0.0431. The third-order valence-electron chi connectivity index (χ3n) is 3.79. The Morgan fingerprint density at radius 2 is 1.36 bits per heavy atom. The van der Waals surface area contributed by atoms with Gasteiger partial charge in [-0.2, -0.15) is 0 Å². The molecule has 1 unspecified atom stereocenters. The fourth-order valence-corrected chi connectivity index (χ4v) is 4.63. The first-order chi connectivity index (χ1) is 13.3. The highest BCUT2D eigenvalue weighted by atomic mass is 31.2. The topological polar surface area (TPSA) is 61.8 Å². The highest BCUT2D eigenvalue weighted by molar-refractivity contribution is 7.53. The average molecular weight is 404 g/mol. The molecule has 0 N–H and O–H groups in total. The van der Waals surface area contributed by atoms with Crippen molar-refractivity contribution >= 4 is 13.4 Å². The van der Waals surface area contributed by atoms with E-state index in [1.54, 1.807) is 12.1 Å². The molecule has 0 aliphatic carbocycles. The molecule has 0 spiro atoms. The van der Waals surface area contributed by atoms with Crippen LogP contribution < -0.4 is 0 Å². The van der Waals surface area contributed by atoms with Crippen molar-refractivity contribution < 1.29 is 23.1 Å². The van der Waals surface area contributed by atoms with Gasteiger partial charge in [-0.05, 0) is 33.3 Å². The first kappa shape index (κ1) is 22.5. The summed E-state index contributed by atoms with van der Waals surface area (Å²) in [5.41, 5.74) is 1.32. The van der Waals surface area contributed by atoms with Crippen LogP contribution in [-0.2, 0) is 18.3 Å². The lowest BCUT2D eigenvalue weighted by atomic mass is 10.00. The molecule has 1 atom stereocenters. The van der Waals surface area contributed by atoms with Crippen molar-refractivity contribution in [3.63, 3.8) is 0 Å². The van der Waals surface area contributed by atoms with Gasteiger partial charge in [0.15, 0.2) is 5.78 Å². The molecule has 0 bridgehead atoms. The van der Waals surface area contributed by atoms with E-state index in [1.807, 2.05) is 76.2 Å². The fraction of sp³-hybridized carbons (Fsp3) is 0.409. The quantitative estimate of drug-likeness (QED) is 0.357. The number of carbonyl (C=O) groups excluding carboxylic acids is 1. The largest absolute Gasteiger partial charge is 0.365 e. The zero-order chi connectivity index (χ0) is 20.6. The van der Waals surface area contributed by atoms with Crippen molar-refractivity contribution in [3.05, 3.63) is 71.8 Å². The van der Waals surface area contributed by atoms with Crippen LogP contribution in [0.15, 0.2) is 60.7 Å². The van der Waals surface area contributed by atoms with Crippen LogP contribution in [0.1, 0.15) is 49.7 Å². The van der Waals surface area contributed by atoms with Gasteiger partial charge in [-0.15, -0.1) is 0 Å². The normalized spacial score (nSPS) is 13.1. The molecule has 0 saturated carbocycles. The summed E-state index contributed by atoms with van der Waals surface area (Å²) in [6.45, 7) is 7.31. The Bertz CT molecular complexity index is 760. The standard InChI is InChI=1S/C22H29O5P/c1-17(2)26-28(24,27-18(3)4)16-15-25-22(20-13-9-6-10-14-20)21(23)19-11-7-5-8-12-19/h5-14,17-18,22H,15-16H2,1-4H3. The van der Waals surface area contributed by atoms with Crippen molar-refractivity contribution in [2.45, 2.75) is 46.0 Å². The SMILES string of the molecule is CC(C)OP(=O)(CCOC(C(=O)c1ccccc1)c1ccccc1)OC(C)C. The van der Waals surface area contributed by atoms with Crippen LogP contribution in [0, 0.1) is 0 Å². The lowest BCUT2D eigenvalue weighted by Crippen LogP contribution is -2.19. The van der Waals surface area contributed by atoms with E-state index in [9.17, 15) is 9.36 Å². The summed E-state index contributed by atoms with van der Waals surface area (Å²) >= 11 is 0. The number of Topliss-reactive ketones (excluding diaryl/α,β-unsaturated/α-hetero) is 1. The van der Waals surface area contributed by atoms with Crippen molar-refractivity contribution in [1.82, 2.24) is 0 Å². The number of carbonyl (C=O) groups is 1. The van der Waals surface area contributed by atoms with Crippen LogP contribution >= 0.6 is 7.60 Å². The molecule has 5 nitrogen and oxygen atoms in total. The Labute approximate surface area is 167 Å². The second kappa shape index (κ2) is 10.7. The number of hydrogen-bond acceptors (Lipinski definition) is 5. The van der Waals surface area contributed by atoms with E-state index in [-0.39, 0.29) is 30.8 Å². The zero-order valence-electron chi connectivity index (χ0n) is 16.9. The van der Waals surface area contributed by atoms with E-state index in [4.69, 9.17) is 13.8 Å². The van der Waals surface area contributed by atoms with Crippen LogP contribution in [0.2, 0.25) is 0 Å². The first-order valence-corrected chi connectivity index (χ1v) is 11.2. The molecular formula is C22H29O5P. The Kier molecular flexibility index (Phi) is 8.58. The molecule has 0 amide bonds. The maximum absolute atomic E-state index is 13.0. The summed E-state index contributed by atoms with van der Waals surface area (Å²) in [5.74, 6) is -0.142. The summed E-state index contributed by atoms with van der Waals surface area (Å²) < 4.78 is 30.0. The molecule has 0 aromatic heterocycles. The van der Waals surface area contributed by atoms with Gasteiger partial charge in [0, 0.05) is 5.56 Å². The van der Waals surface area contributed by atoms with Crippen molar-refractivity contribution in [2.24, 2.45) is 0 Å². The molecule has 152 valence electrons. The molecule has 0 fully saturated rings. The van der Waals surface area contributed by atoms with Crippen molar-refractivity contribution in [3.8, 4) is 0 Å². The predicted molar refractivity (Wildman–Crippen MR) is 111 cm³/mol. The minimum Gasteiger partial charge on any atom is -0.365 e. The predicted octanol–water partition coefficient (Wildman–Crippen LogP) is 5.67. The van der Waals surface area contributed by atoms with E-state index in [0.29, 0.717) is 5.56 Å². The Morgan fingerprint density at radius 3 is 1.86 bits per heavy atom. The molecule has 0 aliphatic rings. The van der Waals surface area contributed by atoms with Crippen LogP contribution in [0.5, 0.6) is 0 Å². The molecule has 0 radical (unpaired) electrons. The monoisotopic (exact) mass is 404 g/mol. The van der Waals surface area contributed by atoms with Crippen LogP contribution in [0.25, 0.3) is 0 Å². The third kappa shape index (κ3) is 6.99. The van der Waals surface area contributed by atoms with E-state index in [0.717, 1.165) is 5.56 Å². The molecule has 0 heterocycles. The van der Waals surface area contributed by atoms with Gasteiger partial charge in [0.2, 0.25) is 0 Å². The number of rotatable bonds is 11. The van der Waals surface area contributed by atoms with Gasteiger partial charge in [0.25, 0.3) is 0 Å². The van der Waals surface area contributed by atoms with Gasteiger partial charge in [0.1, 0.15) is 6.10 Å². The summed E-state index contributed by atoms with van der Waals surface area (Å²) in [5, 5.41) is 0. The van der Waals surface area contributed by atoms with Gasteiger partial charge >= 0.3 is 7.60 Å². The molecule has 6 heteroatoms. The highest BCUT2D eigenvalue weighted by Crippen LogP contribution is 2.50. The van der Waals surface area contributed by atoms with Crippen LogP contribution in [-0.4, -0.2) is 30.8 Å². The number of benzene rings is 2. The Morgan fingerprint density at radius 1 is 0.857 bits per heavy atom. The summed E-state index contributed by atoms with van der Waals surface area (Å²) in [4.78, 5) is 13.0. The van der Waals surface area contributed by atoms with Gasteiger partial charge in [-0.25, -0.2) is 0 Å². The van der Waals surface area contributed by atoms with E-state index < -0.39 is 13.7 Å². The molecular weight excluding hydrogens is 375 g/mol. The maximum Gasteiger partial charge on any atom is 0.333 e. The van der Waals surface area contributed by atoms with Crippen molar-refractivity contribution in [2.75, 3.05) is 12.8 Å². The van der Waals surface area contributed by atoms with Gasteiger partial charge < -0.3 is 13.8 Å². The third-order valence-corrected chi connectivity index (χ3v) is 6.01. The van der Waals surface area contributed by atoms with Gasteiger partial charge in [-0.1, -0.05) is 60.7 Å². The zero-order valence-corrected chi connectivity index (χ0v) is 17.8. The molecule has 2 rings (SSSR count). The molecule has 0 saturated heterocycles. The second-order valence-corrected chi connectivity index (χ2v) is 9.13. The van der Waals surface area contributed by atoms with E-state index in [1.165, 1.54) is 0 Å². The number of ketones is 1. The summed E-state index contributed by atoms with van der Waals surface area (Å²) in [7, 11) is -3.32. The van der Waals surface area contributed by atoms with E-state index >= 15 is 0 Å². The highest BCUT2D eigenvalue weighted by Gasteiger charge is 2.29. The van der Waals surface area contributed by atoms with Crippen LogP contribution in [0.3, 0.4) is 0 Å². The average Bonchev–Trinajstić information content (AvgIpc) is 2.65. The fourth-order valence-electron chi connectivity index (χ4n) is 2.76. The lowest BCUT2D eigenvalue weighted by Gasteiger charge is -2.24. The first-order valence-electron chi connectivity index (χ1n) is 9.52. The maximum atomic E-state index is 13.0. The summed E-state index contributed by atoms with van der Waals surface area (Å²) in [6, 6.07) is 18.3. The van der Waals surface area contributed by atoms with Gasteiger partial charge in [0.05, 0.1) is 25.0 Å². The summed E-state index contributed by atoms with van der Waals surface area (Å²) in [6.07, 6.45) is -1.18. The van der Waals surface area contributed by atoms with E-state index in [2.05, 4.69) is 0 Å². The minimum absolute atomic E-state index is 0.0781. The second-order valence-electron chi connectivity index (χ2n) is 7.03. The smallest absolute Gasteiger partial charge is 0.333 e. The molecule has 2 aromatic carbocycles. The Hall–Kier alpha value is -1.78. The molecule has 0 aliphatic heterocycles. The van der Waals surface area contributed by atoms with Crippen molar-refractivity contribution in [1.29, 1.82) is 0 Å².